The molecule has 0 amide bonds. The van der Waals surface area contributed by atoms with E-state index in [1.54, 1.807) is 16.5 Å². The largest absolute Gasteiger partial charge is 0.420 e. The number of aromatic nitrogens is 4. The third-order valence-electron chi connectivity index (χ3n) is 7.14. The molecule has 2 saturated heterocycles. The highest BCUT2D eigenvalue weighted by atomic mass is 35.5. The summed E-state index contributed by atoms with van der Waals surface area (Å²) < 4.78 is 45.4. The molecule has 1 N–H and O–H groups in total. The third-order valence-corrected chi connectivity index (χ3v) is 8.32. The number of piperidine rings is 1. The summed E-state index contributed by atoms with van der Waals surface area (Å²) >= 11 is 8.29. The Hall–Kier alpha value is -2.34. The highest BCUT2D eigenvalue weighted by Gasteiger charge is 2.36. The highest BCUT2D eigenvalue weighted by molar-refractivity contribution is 7.96. The molecule has 2 aliphatic heterocycles. The Morgan fingerprint density at radius 2 is 1.89 bits per heavy atom. The van der Waals surface area contributed by atoms with Crippen molar-refractivity contribution in [3.05, 3.63) is 53.1 Å². The number of nitrogens with one attached hydrogen (secondary N) is 1. The van der Waals surface area contributed by atoms with Crippen molar-refractivity contribution in [3.8, 4) is 17.1 Å². The average Bonchev–Trinajstić information content (AvgIpc) is 3.32. The molecule has 2 fully saturated rings. The van der Waals surface area contributed by atoms with Gasteiger partial charge < -0.3 is 9.88 Å². The lowest BCUT2D eigenvalue weighted by Crippen LogP contribution is -2.38. The number of alkyl halides is 3. The van der Waals surface area contributed by atoms with Crippen molar-refractivity contribution in [2.24, 2.45) is 0 Å². The number of benzene rings is 1. The second-order valence-electron chi connectivity index (χ2n) is 9.43. The smallest absolute Gasteiger partial charge is 0.351 e. The Kier molecular flexibility index (Phi) is 7.67. The van der Waals surface area contributed by atoms with E-state index < -0.39 is 11.7 Å². The summed E-state index contributed by atoms with van der Waals surface area (Å²) in [6.45, 7) is 6.07. The van der Waals surface area contributed by atoms with E-state index in [4.69, 9.17) is 11.6 Å². The zero-order valence-electron chi connectivity index (χ0n) is 20.7. The van der Waals surface area contributed by atoms with Gasteiger partial charge in [0, 0.05) is 37.6 Å². The zero-order chi connectivity index (χ0) is 26.2. The van der Waals surface area contributed by atoms with Crippen molar-refractivity contribution < 1.29 is 13.2 Å². The van der Waals surface area contributed by atoms with Crippen molar-refractivity contribution in [1.82, 2.24) is 28.7 Å². The van der Waals surface area contributed by atoms with Crippen LogP contribution in [-0.2, 0) is 6.18 Å². The van der Waals surface area contributed by atoms with Gasteiger partial charge in [-0.3, -0.25) is 9.21 Å². The molecule has 37 heavy (non-hydrogen) atoms. The highest BCUT2D eigenvalue weighted by Crippen LogP contribution is 2.36. The van der Waals surface area contributed by atoms with E-state index in [9.17, 15) is 13.2 Å². The first-order valence-electron chi connectivity index (χ1n) is 12.3. The summed E-state index contributed by atoms with van der Waals surface area (Å²) in [5.41, 5.74) is 0.656. The molecule has 5 rings (SSSR count). The monoisotopic (exact) mass is 551 g/mol. The molecule has 12 heteroatoms. The molecule has 4 heterocycles. The number of halogens is 4. The molecule has 0 aliphatic carbocycles. The Morgan fingerprint density at radius 1 is 1.14 bits per heavy atom. The van der Waals surface area contributed by atoms with Crippen molar-refractivity contribution >= 4 is 29.5 Å². The standard InChI is InChI=1S/C25H29ClF3N7S/c1-16(34-8-3-9-34)17-4-5-22(20(26)12-17)35-14-21(31-15-35)23-19(25(27,28)29)13-30-24(33-23)32-18-6-10-36(37-2)11-7-18/h4-5,12-16,18H,3,6-11H2,1-2H3,(H,30,32,33). The SMILES string of the molecule is CSN1CCC(Nc2ncc(C(F)(F)F)c(-c3cn(-c4ccc(C(C)N5CCC5)cc4Cl)cn3)n2)CC1. The minimum absolute atomic E-state index is 0.0986. The Labute approximate surface area is 223 Å². The van der Waals surface area contributed by atoms with E-state index in [2.05, 4.69) is 36.4 Å². The lowest BCUT2D eigenvalue weighted by atomic mass is 10.0. The summed E-state index contributed by atoms with van der Waals surface area (Å²) in [6.07, 6.45) is 4.16. The zero-order valence-corrected chi connectivity index (χ0v) is 22.2. The first kappa shape index (κ1) is 26.3. The second kappa shape index (κ2) is 10.8. The van der Waals surface area contributed by atoms with Crippen LogP contribution in [0.15, 0.2) is 36.9 Å². The Morgan fingerprint density at radius 3 is 2.51 bits per heavy atom. The van der Waals surface area contributed by atoms with Gasteiger partial charge >= 0.3 is 6.18 Å². The van der Waals surface area contributed by atoms with Crippen LogP contribution in [-0.4, -0.2) is 67.2 Å². The van der Waals surface area contributed by atoms with Crippen LogP contribution in [0.25, 0.3) is 17.1 Å². The molecule has 0 spiro atoms. The van der Waals surface area contributed by atoms with Gasteiger partial charge in [-0.05, 0) is 63.2 Å². The summed E-state index contributed by atoms with van der Waals surface area (Å²) in [5.74, 6) is 0.169. The average molecular weight is 552 g/mol. The molecule has 1 unspecified atom stereocenters. The van der Waals surface area contributed by atoms with Crippen molar-refractivity contribution in [2.75, 3.05) is 37.8 Å². The van der Waals surface area contributed by atoms with E-state index in [1.165, 1.54) is 18.9 Å². The van der Waals surface area contributed by atoms with Gasteiger partial charge in [0.2, 0.25) is 5.95 Å². The van der Waals surface area contributed by atoms with E-state index in [1.807, 2.05) is 24.5 Å². The normalized spacial score (nSPS) is 18.5. The number of likely N-dealkylation sites (tertiary alicyclic amines) is 1. The van der Waals surface area contributed by atoms with Crippen LogP contribution in [0.5, 0.6) is 0 Å². The second-order valence-corrected chi connectivity index (χ2v) is 10.7. The summed E-state index contributed by atoms with van der Waals surface area (Å²) in [7, 11) is 0. The molecule has 3 aromatic rings. The van der Waals surface area contributed by atoms with Gasteiger partial charge in [0.1, 0.15) is 23.3 Å². The number of nitrogens with zero attached hydrogens (tertiary/aromatic N) is 6. The molecule has 7 nitrogen and oxygen atoms in total. The lowest BCUT2D eigenvalue weighted by molar-refractivity contribution is -0.137. The molecular weight excluding hydrogens is 523 g/mol. The quantitative estimate of drug-likeness (QED) is 0.366. The van der Waals surface area contributed by atoms with Gasteiger partial charge in [0.05, 0.1) is 10.7 Å². The van der Waals surface area contributed by atoms with Crippen LogP contribution in [0, 0.1) is 0 Å². The minimum Gasteiger partial charge on any atom is -0.351 e. The van der Waals surface area contributed by atoms with E-state index in [0.29, 0.717) is 10.7 Å². The fraction of sp³-hybridized carbons (Fsp3) is 0.480. The van der Waals surface area contributed by atoms with E-state index >= 15 is 0 Å². The van der Waals surface area contributed by atoms with Crippen LogP contribution in [0.2, 0.25) is 5.02 Å². The van der Waals surface area contributed by atoms with Crippen LogP contribution >= 0.6 is 23.5 Å². The van der Waals surface area contributed by atoms with Crippen LogP contribution in [0.3, 0.4) is 0 Å². The van der Waals surface area contributed by atoms with E-state index in [0.717, 1.165) is 50.8 Å². The summed E-state index contributed by atoms with van der Waals surface area (Å²) in [6, 6.07) is 6.14. The maximum atomic E-state index is 13.9. The van der Waals surface area contributed by atoms with Gasteiger partial charge in [-0.2, -0.15) is 13.2 Å². The predicted molar refractivity (Wildman–Crippen MR) is 141 cm³/mol. The van der Waals surface area contributed by atoms with Gasteiger partial charge in [0.15, 0.2) is 0 Å². The predicted octanol–water partition coefficient (Wildman–Crippen LogP) is 5.92. The molecule has 1 aromatic carbocycles. The van der Waals surface area contributed by atoms with Crippen LogP contribution < -0.4 is 5.32 Å². The van der Waals surface area contributed by atoms with Crippen LogP contribution in [0.1, 0.15) is 43.4 Å². The van der Waals surface area contributed by atoms with Crippen molar-refractivity contribution in [1.29, 1.82) is 0 Å². The molecule has 0 bridgehead atoms. The molecule has 2 aromatic heterocycles. The Bertz CT molecular complexity index is 1240. The van der Waals surface area contributed by atoms with Crippen molar-refractivity contribution in [2.45, 2.75) is 44.4 Å². The number of anilines is 1. The number of hydrogen-bond acceptors (Lipinski definition) is 7. The molecule has 2 aliphatic rings. The fourth-order valence-electron chi connectivity index (χ4n) is 4.73. The first-order valence-corrected chi connectivity index (χ1v) is 13.9. The van der Waals surface area contributed by atoms with Gasteiger partial charge in [-0.1, -0.05) is 29.6 Å². The fourth-order valence-corrected chi connectivity index (χ4v) is 5.59. The van der Waals surface area contributed by atoms with Gasteiger partial charge in [0.25, 0.3) is 0 Å². The maximum Gasteiger partial charge on any atom is 0.420 e. The number of hydrogen-bond donors (Lipinski definition) is 1. The molecule has 0 saturated carbocycles. The molecular formula is C25H29ClF3N7S. The molecule has 1 atom stereocenters. The minimum atomic E-state index is -4.62. The molecule has 0 radical (unpaired) electrons. The number of rotatable bonds is 7. The Balaban J connectivity index is 1.40. The summed E-state index contributed by atoms with van der Waals surface area (Å²) in [5, 5.41) is 3.72. The third kappa shape index (κ3) is 5.74. The summed E-state index contributed by atoms with van der Waals surface area (Å²) in [4.78, 5) is 14.9. The maximum absolute atomic E-state index is 13.9. The van der Waals surface area contributed by atoms with Crippen LogP contribution in [0.4, 0.5) is 19.1 Å². The van der Waals surface area contributed by atoms with Crippen molar-refractivity contribution in [3.63, 3.8) is 0 Å². The topological polar surface area (TPSA) is 62.1 Å². The van der Waals surface area contributed by atoms with Gasteiger partial charge in [-0.15, -0.1) is 0 Å². The lowest BCUT2D eigenvalue weighted by Gasteiger charge is -2.36. The van der Waals surface area contributed by atoms with Gasteiger partial charge in [-0.25, -0.2) is 15.0 Å². The number of imidazole rings is 1. The molecule has 198 valence electrons. The first-order chi connectivity index (χ1) is 17.7. The van der Waals surface area contributed by atoms with E-state index in [-0.39, 0.29) is 29.4 Å².